The number of carbonyl (C=O) groups excluding carboxylic acids is 2. The predicted molar refractivity (Wildman–Crippen MR) is 129 cm³/mol. The van der Waals surface area contributed by atoms with Gasteiger partial charge in [0.2, 0.25) is 0 Å². The summed E-state index contributed by atoms with van der Waals surface area (Å²) in [5.41, 5.74) is 4.91. The first-order chi connectivity index (χ1) is 15.5. The second-order valence-corrected chi connectivity index (χ2v) is 8.06. The Hall–Kier alpha value is -4.18. The van der Waals surface area contributed by atoms with Gasteiger partial charge in [0.1, 0.15) is 5.70 Å². The number of benzene rings is 4. The molecule has 4 aromatic carbocycles. The highest BCUT2D eigenvalue weighted by molar-refractivity contribution is 6.47. The quantitative estimate of drug-likeness (QED) is 0.423. The van der Waals surface area contributed by atoms with E-state index in [0.717, 1.165) is 27.6 Å². The number of rotatable bonds is 4. The molecule has 4 heteroatoms. The van der Waals surface area contributed by atoms with Gasteiger partial charge in [-0.1, -0.05) is 72.8 Å². The summed E-state index contributed by atoms with van der Waals surface area (Å²) >= 11 is 0. The SMILES string of the molecule is Cc1cc(C)cc(NC2=C(c3ccccc3)C(=O)N(c3cccc4ccccc34)C2=O)c1. The highest BCUT2D eigenvalue weighted by Gasteiger charge is 2.40. The minimum atomic E-state index is -0.357. The molecule has 0 bridgehead atoms. The summed E-state index contributed by atoms with van der Waals surface area (Å²) in [6, 6.07) is 28.8. The van der Waals surface area contributed by atoms with Crippen molar-refractivity contribution < 1.29 is 9.59 Å². The van der Waals surface area contributed by atoms with Gasteiger partial charge < -0.3 is 5.32 Å². The van der Waals surface area contributed by atoms with Crippen LogP contribution in [-0.4, -0.2) is 11.8 Å². The van der Waals surface area contributed by atoms with Gasteiger partial charge >= 0.3 is 0 Å². The highest BCUT2D eigenvalue weighted by Crippen LogP contribution is 2.37. The lowest BCUT2D eigenvalue weighted by Gasteiger charge is -2.18. The largest absolute Gasteiger partial charge is 0.350 e. The fraction of sp³-hybridized carbons (Fsp3) is 0.0714. The van der Waals surface area contributed by atoms with E-state index in [1.54, 1.807) is 0 Å². The van der Waals surface area contributed by atoms with E-state index in [1.165, 1.54) is 4.90 Å². The lowest BCUT2D eigenvalue weighted by molar-refractivity contribution is -0.120. The van der Waals surface area contributed by atoms with Crippen LogP contribution < -0.4 is 10.2 Å². The second-order valence-electron chi connectivity index (χ2n) is 8.06. The van der Waals surface area contributed by atoms with Crippen LogP contribution in [0.3, 0.4) is 0 Å². The van der Waals surface area contributed by atoms with Gasteiger partial charge in [-0.15, -0.1) is 0 Å². The zero-order chi connectivity index (χ0) is 22.2. The summed E-state index contributed by atoms with van der Waals surface area (Å²) < 4.78 is 0. The molecule has 0 aliphatic carbocycles. The fourth-order valence-electron chi connectivity index (χ4n) is 4.33. The summed E-state index contributed by atoms with van der Waals surface area (Å²) in [4.78, 5) is 28.7. The zero-order valence-electron chi connectivity index (χ0n) is 17.9. The number of amides is 2. The number of aryl methyl sites for hydroxylation is 2. The minimum Gasteiger partial charge on any atom is -0.350 e. The van der Waals surface area contributed by atoms with Crippen LogP contribution in [-0.2, 0) is 9.59 Å². The second kappa shape index (κ2) is 7.82. The van der Waals surface area contributed by atoms with Crippen LogP contribution in [0.15, 0.2) is 96.7 Å². The Morgan fingerprint density at radius 2 is 1.34 bits per heavy atom. The zero-order valence-corrected chi connectivity index (χ0v) is 17.9. The number of nitrogens with one attached hydrogen (secondary N) is 1. The molecule has 4 aromatic rings. The molecular formula is C28H22N2O2. The predicted octanol–water partition coefficient (Wildman–Crippen LogP) is 5.85. The molecule has 1 N–H and O–H groups in total. The summed E-state index contributed by atoms with van der Waals surface area (Å²) in [6.07, 6.45) is 0. The monoisotopic (exact) mass is 418 g/mol. The topological polar surface area (TPSA) is 49.4 Å². The fourth-order valence-corrected chi connectivity index (χ4v) is 4.33. The molecule has 0 saturated carbocycles. The number of hydrogen-bond donors (Lipinski definition) is 1. The van der Waals surface area contributed by atoms with Crippen LogP contribution in [0.5, 0.6) is 0 Å². The molecular weight excluding hydrogens is 396 g/mol. The van der Waals surface area contributed by atoms with Crippen LogP contribution in [0.2, 0.25) is 0 Å². The number of imide groups is 1. The van der Waals surface area contributed by atoms with Gasteiger partial charge in [-0.05, 0) is 54.1 Å². The molecule has 0 radical (unpaired) electrons. The molecule has 0 spiro atoms. The minimum absolute atomic E-state index is 0.291. The first-order valence-corrected chi connectivity index (χ1v) is 10.5. The van der Waals surface area contributed by atoms with E-state index in [-0.39, 0.29) is 11.8 Å². The van der Waals surface area contributed by atoms with E-state index in [4.69, 9.17) is 0 Å². The van der Waals surface area contributed by atoms with Crippen LogP contribution in [0.1, 0.15) is 16.7 Å². The average molecular weight is 418 g/mol. The molecule has 156 valence electrons. The van der Waals surface area contributed by atoms with Gasteiger partial charge in [-0.3, -0.25) is 9.59 Å². The van der Waals surface area contributed by atoms with Crippen LogP contribution >= 0.6 is 0 Å². The average Bonchev–Trinajstić information content (AvgIpc) is 3.02. The van der Waals surface area contributed by atoms with Crippen LogP contribution in [0, 0.1) is 13.8 Å². The maximum absolute atomic E-state index is 13.7. The standard InChI is InChI=1S/C28H22N2O2/c1-18-15-19(2)17-22(16-18)29-26-25(21-10-4-3-5-11-21)27(31)30(28(26)32)24-14-8-12-20-9-6-7-13-23(20)24/h3-17,29H,1-2H3. The van der Waals surface area contributed by atoms with Crippen molar-refractivity contribution in [3.05, 3.63) is 113 Å². The Labute approximate surface area is 186 Å². The number of nitrogens with zero attached hydrogens (tertiary/aromatic N) is 1. The molecule has 0 atom stereocenters. The molecule has 0 saturated heterocycles. The van der Waals surface area contributed by atoms with Crippen molar-refractivity contribution >= 4 is 39.5 Å². The Morgan fingerprint density at radius 3 is 2.09 bits per heavy atom. The van der Waals surface area contributed by atoms with Crippen molar-refractivity contribution in [2.45, 2.75) is 13.8 Å². The molecule has 2 amide bonds. The Morgan fingerprint density at radius 1 is 0.688 bits per heavy atom. The first-order valence-electron chi connectivity index (χ1n) is 10.5. The Balaban J connectivity index is 1.67. The normalized spacial score (nSPS) is 13.9. The van der Waals surface area contributed by atoms with Gasteiger partial charge in [-0.2, -0.15) is 0 Å². The molecule has 1 aliphatic rings. The van der Waals surface area contributed by atoms with Crippen molar-refractivity contribution in [3.63, 3.8) is 0 Å². The van der Waals surface area contributed by atoms with E-state index in [9.17, 15) is 9.59 Å². The molecule has 0 fully saturated rings. The first kappa shape index (κ1) is 19.8. The lowest BCUT2D eigenvalue weighted by atomic mass is 10.0. The van der Waals surface area contributed by atoms with Crippen molar-refractivity contribution in [2.75, 3.05) is 10.2 Å². The van der Waals surface area contributed by atoms with Gasteiger partial charge in [0.05, 0.1) is 11.3 Å². The van der Waals surface area contributed by atoms with Crippen molar-refractivity contribution in [2.24, 2.45) is 0 Å². The molecule has 1 heterocycles. The van der Waals surface area contributed by atoms with Crippen molar-refractivity contribution in [1.29, 1.82) is 0 Å². The molecule has 32 heavy (non-hydrogen) atoms. The smallest absolute Gasteiger partial charge is 0.282 e. The number of hydrogen-bond acceptors (Lipinski definition) is 3. The summed E-state index contributed by atoms with van der Waals surface area (Å²) in [7, 11) is 0. The third-order valence-electron chi connectivity index (χ3n) is 5.64. The van der Waals surface area contributed by atoms with E-state index in [0.29, 0.717) is 22.5 Å². The molecule has 0 unspecified atom stereocenters. The van der Waals surface area contributed by atoms with E-state index in [2.05, 4.69) is 11.4 Å². The third-order valence-corrected chi connectivity index (χ3v) is 5.64. The highest BCUT2D eigenvalue weighted by atomic mass is 16.2. The van der Waals surface area contributed by atoms with E-state index >= 15 is 0 Å². The van der Waals surface area contributed by atoms with Gasteiger partial charge in [-0.25, -0.2) is 4.90 Å². The Kier molecular flexibility index (Phi) is 4.83. The van der Waals surface area contributed by atoms with Gasteiger partial charge in [0.15, 0.2) is 0 Å². The van der Waals surface area contributed by atoms with E-state index < -0.39 is 0 Å². The van der Waals surface area contributed by atoms with Crippen molar-refractivity contribution in [3.8, 4) is 0 Å². The summed E-state index contributed by atoms with van der Waals surface area (Å²) in [5, 5.41) is 5.10. The molecule has 0 aromatic heterocycles. The van der Waals surface area contributed by atoms with Crippen molar-refractivity contribution in [1.82, 2.24) is 0 Å². The number of fused-ring (bicyclic) bond motifs is 1. The lowest BCUT2D eigenvalue weighted by Crippen LogP contribution is -2.32. The van der Waals surface area contributed by atoms with Crippen LogP contribution in [0.25, 0.3) is 16.3 Å². The summed E-state index contributed by atoms with van der Waals surface area (Å²) in [5.74, 6) is -0.686. The molecule has 1 aliphatic heterocycles. The molecule has 4 nitrogen and oxygen atoms in total. The third kappa shape index (κ3) is 3.36. The van der Waals surface area contributed by atoms with E-state index in [1.807, 2.05) is 98.8 Å². The number of carbonyl (C=O) groups is 2. The van der Waals surface area contributed by atoms with Gasteiger partial charge in [0, 0.05) is 11.1 Å². The maximum Gasteiger partial charge on any atom is 0.282 e. The summed E-state index contributed by atoms with van der Waals surface area (Å²) in [6.45, 7) is 4.02. The maximum atomic E-state index is 13.7. The van der Waals surface area contributed by atoms with Crippen LogP contribution in [0.4, 0.5) is 11.4 Å². The molecule has 5 rings (SSSR count). The number of anilines is 2. The Bertz CT molecular complexity index is 1380. The van der Waals surface area contributed by atoms with Gasteiger partial charge in [0.25, 0.3) is 11.8 Å².